The largest absolute Gasteiger partial charge is 0.377 e. The molecular formula is C16H20N6O4S. The van der Waals surface area contributed by atoms with Gasteiger partial charge in [0.15, 0.2) is 5.82 Å². The van der Waals surface area contributed by atoms with Crippen LogP contribution in [-0.4, -0.2) is 45.5 Å². The summed E-state index contributed by atoms with van der Waals surface area (Å²) in [5, 5.41) is 22.2. The number of rotatable bonds is 7. The molecular weight excluding hydrogens is 372 g/mol. The number of non-ortho nitro benzene ring substituents is 1. The SMILES string of the molecule is O=[N+]([O-])c1ccc(NCc2nncn2C2CC2)c(S(=O)(=O)N2CCCC2)c1. The van der Waals surface area contributed by atoms with Crippen molar-refractivity contribution in [2.45, 2.75) is 43.2 Å². The van der Waals surface area contributed by atoms with Crippen LogP contribution in [0.25, 0.3) is 0 Å². The Morgan fingerprint density at radius 1 is 1.26 bits per heavy atom. The summed E-state index contributed by atoms with van der Waals surface area (Å²) in [6.45, 7) is 1.15. The van der Waals surface area contributed by atoms with Crippen molar-refractivity contribution in [1.29, 1.82) is 0 Å². The zero-order valence-electron chi connectivity index (χ0n) is 14.6. The summed E-state index contributed by atoms with van der Waals surface area (Å²) in [6.07, 6.45) is 5.42. The molecule has 0 unspecified atom stereocenters. The Hall–Kier alpha value is -2.53. The Morgan fingerprint density at radius 3 is 2.67 bits per heavy atom. The van der Waals surface area contributed by atoms with Crippen LogP contribution in [0.1, 0.15) is 37.5 Å². The third kappa shape index (κ3) is 3.52. The summed E-state index contributed by atoms with van der Waals surface area (Å²) >= 11 is 0. The average Bonchev–Trinajstić information content (AvgIpc) is 3.14. The Labute approximate surface area is 156 Å². The number of hydrogen-bond acceptors (Lipinski definition) is 7. The van der Waals surface area contributed by atoms with E-state index in [-0.39, 0.29) is 17.1 Å². The molecule has 2 heterocycles. The molecule has 0 amide bonds. The van der Waals surface area contributed by atoms with Gasteiger partial charge in [0, 0.05) is 31.3 Å². The lowest BCUT2D eigenvalue weighted by Gasteiger charge is -2.18. The molecule has 2 aliphatic rings. The van der Waals surface area contributed by atoms with E-state index in [4.69, 9.17) is 0 Å². The summed E-state index contributed by atoms with van der Waals surface area (Å²) in [5.41, 5.74) is 0.0808. The van der Waals surface area contributed by atoms with E-state index in [0.717, 1.165) is 31.7 Å². The number of nitro benzene ring substituents is 1. The first-order valence-electron chi connectivity index (χ1n) is 8.87. The first-order valence-corrected chi connectivity index (χ1v) is 10.3. The van der Waals surface area contributed by atoms with E-state index in [1.807, 2.05) is 4.57 Å². The number of sulfonamides is 1. The highest BCUT2D eigenvalue weighted by molar-refractivity contribution is 7.89. The number of anilines is 1. The Morgan fingerprint density at radius 2 is 2.00 bits per heavy atom. The molecule has 0 atom stereocenters. The van der Waals surface area contributed by atoms with Gasteiger partial charge in [-0.25, -0.2) is 8.42 Å². The van der Waals surface area contributed by atoms with Crippen LogP contribution < -0.4 is 5.32 Å². The van der Waals surface area contributed by atoms with Crippen LogP contribution in [-0.2, 0) is 16.6 Å². The average molecular weight is 392 g/mol. The molecule has 144 valence electrons. The molecule has 1 saturated carbocycles. The maximum Gasteiger partial charge on any atom is 0.270 e. The fourth-order valence-corrected chi connectivity index (χ4v) is 4.98. The maximum atomic E-state index is 13.0. The van der Waals surface area contributed by atoms with Crippen molar-refractivity contribution in [1.82, 2.24) is 19.1 Å². The minimum absolute atomic E-state index is 0.0731. The lowest BCUT2D eigenvalue weighted by molar-refractivity contribution is -0.385. The molecule has 2 aromatic rings. The van der Waals surface area contributed by atoms with Crippen molar-refractivity contribution in [2.75, 3.05) is 18.4 Å². The zero-order chi connectivity index (χ0) is 19.0. The van der Waals surface area contributed by atoms with Crippen LogP contribution in [0.3, 0.4) is 0 Å². The molecule has 1 N–H and O–H groups in total. The number of hydrogen-bond donors (Lipinski definition) is 1. The molecule has 0 spiro atoms. The maximum absolute atomic E-state index is 13.0. The monoisotopic (exact) mass is 392 g/mol. The van der Waals surface area contributed by atoms with Crippen molar-refractivity contribution in [3.05, 3.63) is 40.5 Å². The lowest BCUT2D eigenvalue weighted by atomic mass is 10.3. The van der Waals surface area contributed by atoms with Crippen molar-refractivity contribution in [3.8, 4) is 0 Å². The molecule has 0 bridgehead atoms. The number of nitrogens with one attached hydrogen (secondary N) is 1. The van der Waals surface area contributed by atoms with Gasteiger partial charge in [0.25, 0.3) is 5.69 Å². The third-order valence-electron chi connectivity index (χ3n) is 4.88. The zero-order valence-corrected chi connectivity index (χ0v) is 15.4. The van der Waals surface area contributed by atoms with Crippen LogP contribution >= 0.6 is 0 Å². The van der Waals surface area contributed by atoms with E-state index in [9.17, 15) is 18.5 Å². The van der Waals surface area contributed by atoms with Gasteiger partial charge in [0.05, 0.1) is 17.2 Å². The van der Waals surface area contributed by atoms with Crippen LogP contribution in [0.5, 0.6) is 0 Å². The van der Waals surface area contributed by atoms with E-state index >= 15 is 0 Å². The number of aromatic nitrogens is 3. The topological polar surface area (TPSA) is 123 Å². The smallest absolute Gasteiger partial charge is 0.270 e. The van der Waals surface area contributed by atoms with Gasteiger partial charge in [-0.2, -0.15) is 4.31 Å². The van der Waals surface area contributed by atoms with E-state index in [0.29, 0.717) is 30.6 Å². The second-order valence-electron chi connectivity index (χ2n) is 6.79. The fraction of sp³-hybridized carbons (Fsp3) is 0.500. The fourth-order valence-electron chi connectivity index (χ4n) is 3.28. The summed E-state index contributed by atoms with van der Waals surface area (Å²) in [4.78, 5) is 10.5. The molecule has 1 saturated heterocycles. The number of benzene rings is 1. The quantitative estimate of drug-likeness (QED) is 0.564. The normalized spacial score (nSPS) is 17.9. The minimum atomic E-state index is -3.81. The highest BCUT2D eigenvalue weighted by atomic mass is 32.2. The predicted octanol–water partition coefficient (Wildman–Crippen LogP) is 1.92. The van der Waals surface area contributed by atoms with Crippen LogP contribution in [0, 0.1) is 10.1 Å². The second-order valence-corrected chi connectivity index (χ2v) is 8.69. The van der Waals surface area contributed by atoms with Gasteiger partial charge in [-0.05, 0) is 31.7 Å². The van der Waals surface area contributed by atoms with Crippen molar-refractivity contribution < 1.29 is 13.3 Å². The van der Waals surface area contributed by atoms with E-state index in [1.54, 1.807) is 6.33 Å². The summed E-state index contributed by atoms with van der Waals surface area (Å²) in [7, 11) is -3.81. The molecule has 11 heteroatoms. The van der Waals surface area contributed by atoms with Gasteiger partial charge < -0.3 is 9.88 Å². The minimum Gasteiger partial charge on any atom is -0.377 e. The standard InChI is InChI=1S/C16H20N6O4S/c23-22(24)13-5-6-14(15(9-13)27(25,26)20-7-1-2-8-20)17-10-16-19-18-11-21(16)12-3-4-12/h5-6,9,11-12,17H,1-4,7-8,10H2. The Balaban J connectivity index is 1.64. The Bertz CT molecular complexity index is 963. The van der Waals surface area contributed by atoms with Gasteiger partial charge in [-0.1, -0.05) is 0 Å². The van der Waals surface area contributed by atoms with E-state index in [1.165, 1.54) is 16.4 Å². The van der Waals surface area contributed by atoms with Crippen LogP contribution in [0.2, 0.25) is 0 Å². The molecule has 0 radical (unpaired) electrons. The highest BCUT2D eigenvalue weighted by Crippen LogP contribution is 2.35. The van der Waals surface area contributed by atoms with Crippen molar-refractivity contribution >= 4 is 21.4 Å². The first-order chi connectivity index (χ1) is 13.0. The highest BCUT2D eigenvalue weighted by Gasteiger charge is 2.31. The van der Waals surface area contributed by atoms with Crippen LogP contribution in [0.15, 0.2) is 29.4 Å². The van der Waals surface area contributed by atoms with Gasteiger partial charge in [-0.3, -0.25) is 10.1 Å². The van der Waals surface area contributed by atoms with Gasteiger partial charge in [0.1, 0.15) is 11.2 Å². The molecule has 27 heavy (non-hydrogen) atoms. The number of nitro groups is 1. The third-order valence-corrected chi connectivity index (χ3v) is 6.82. The van der Waals surface area contributed by atoms with Crippen LogP contribution in [0.4, 0.5) is 11.4 Å². The first kappa shape index (κ1) is 17.9. The van der Waals surface area contributed by atoms with E-state index < -0.39 is 14.9 Å². The van der Waals surface area contributed by atoms with Gasteiger partial charge in [0.2, 0.25) is 10.0 Å². The summed E-state index contributed by atoms with van der Waals surface area (Å²) in [5.74, 6) is 0.709. The second kappa shape index (κ2) is 6.89. The predicted molar refractivity (Wildman–Crippen MR) is 96.7 cm³/mol. The Kier molecular flexibility index (Phi) is 4.56. The van der Waals surface area contributed by atoms with Crippen molar-refractivity contribution in [3.63, 3.8) is 0 Å². The molecule has 1 aromatic carbocycles. The molecule has 1 aromatic heterocycles. The molecule has 10 nitrogen and oxygen atoms in total. The van der Waals surface area contributed by atoms with Gasteiger partial charge >= 0.3 is 0 Å². The van der Waals surface area contributed by atoms with Gasteiger partial charge in [-0.15, -0.1) is 10.2 Å². The summed E-state index contributed by atoms with van der Waals surface area (Å²) in [6, 6.07) is 4.28. The van der Waals surface area contributed by atoms with E-state index in [2.05, 4.69) is 15.5 Å². The number of nitrogens with zero attached hydrogens (tertiary/aromatic N) is 5. The molecule has 4 rings (SSSR count). The summed E-state index contributed by atoms with van der Waals surface area (Å²) < 4.78 is 29.4. The molecule has 2 fully saturated rings. The molecule has 1 aliphatic carbocycles. The molecule has 1 aliphatic heterocycles. The lowest BCUT2D eigenvalue weighted by Crippen LogP contribution is -2.28. The van der Waals surface area contributed by atoms with Crippen molar-refractivity contribution in [2.24, 2.45) is 0 Å².